The van der Waals surface area contributed by atoms with Crippen LogP contribution in [0.15, 0.2) is 52.9 Å². The van der Waals surface area contributed by atoms with Crippen molar-refractivity contribution in [2.75, 3.05) is 51.1 Å². The maximum atomic E-state index is 14.5. The Bertz CT molecular complexity index is 1790. The van der Waals surface area contributed by atoms with Crippen molar-refractivity contribution in [3.63, 3.8) is 0 Å². The third-order valence-electron chi connectivity index (χ3n) is 11.7. The number of amides is 3. The molecule has 50 heavy (non-hydrogen) atoms. The van der Waals surface area contributed by atoms with Gasteiger partial charge in [-0.15, -0.1) is 4.36 Å². The van der Waals surface area contributed by atoms with Crippen molar-refractivity contribution in [3.8, 4) is 5.75 Å². The van der Waals surface area contributed by atoms with Gasteiger partial charge in [0, 0.05) is 43.3 Å². The Morgan fingerprint density at radius 2 is 1.96 bits per heavy atom. The molecule has 2 aliphatic carbocycles. The summed E-state index contributed by atoms with van der Waals surface area (Å²) in [6, 6.07) is 10.9. The maximum Gasteiger partial charge on any atom is 0.330 e. The van der Waals surface area contributed by atoms with Crippen LogP contribution in [0.2, 0.25) is 5.02 Å². The lowest BCUT2D eigenvalue weighted by atomic mass is 9.68. The molecule has 5 aliphatic rings. The Morgan fingerprint density at radius 3 is 2.70 bits per heavy atom. The monoisotopic (exact) mass is 724 g/mol. The van der Waals surface area contributed by atoms with Gasteiger partial charge in [0.15, 0.2) is 0 Å². The van der Waals surface area contributed by atoms with Crippen molar-refractivity contribution < 1.29 is 28.0 Å². The Hall–Kier alpha value is -3.12. The molecular formula is C38H49ClN4O6S. The molecule has 0 aromatic heterocycles. The second kappa shape index (κ2) is 14.1. The minimum Gasteiger partial charge on any atom is -0.490 e. The summed E-state index contributed by atoms with van der Waals surface area (Å²) < 4.78 is 39.6. The summed E-state index contributed by atoms with van der Waals surface area (Å²) in [7, 11) is -0.112. The lowest BCUT2D eigenvalue weighted by Gasteiger charge is -2.46. The SMILES string of the molecule is CO[C@H]1/C=C\C[C@H](C)CS(=O)(NC(=O)N2C[C@H](OC)[C@H]2C)=NC(=O)c2ccc3c(c2)N(C[C@@H]2CC[C@H]21)C[C@@]1(CCCc2cc(Cl)ccc21)CO3. The molecule has 1 unspecified atom stereocenters. The lowest BCUT2D eigenvalue weighted by molar-refractivity contribution is -0.0508. The van der Waals surface area contributed by atoms with Gasteiger partial charge in [-0.05, 0) is 105 Å². The van der Waals surface area contributed by atoms with E-state index >= 15 is 0 Å². The zero-order valence-electron chi connectivity index (χ0n) is 29.4. The highest BCUT2D eigenvalue weighted by Crippen LogP contribution is 2.47. The molecule has 2 aromatic carbocycles. The molecule has 3 amide bonds. The Morgan fingerprint density at radius 1 is 1.12 bits per heavy atom. The first kappa shape index (κ1) is 35.3. The number of fused-ring (bicyclic) bond motifs is 4. The average molecular weight is 725 g/mol. The summed E-state index contributed by atoms with van der Waals surface area (Å²) in [5, 5.41) is 0.743. The number of likely N-dealkylation sites (tertiary alicyclic amines) is 1. The molecule has 12 heteroatoms. The molecule has 7 rings (SSSR count). The summed E-state index contributed by atoms with van der Waals surface area (Å²) in [5.74, 6) is 0.725. The Balaban J connectivity index is 1.28. The minimum atomic E-state index is -3.49. The zero-order valence-corrected chi connectivity index (χ0v) is 31.0. The second-order valence-corrected chi connectivity index (χ2v) is 17.5. The van der Waals surface area contributed by atoms with Crippen molar-refractivity contribution in [1.29, 1.82) is 0 Å². The van der Waals surface area contributed by atoms with Gasteiger partial charge in [0.2, 0.25) is 0 Å². The van der Waals surface area contributed by atoms with Crippen molar-refractivity contribution in [2.24, 2.45) is 22.1 Å². The maximum absolute atomic E-state index is 14.5. The van der Waals surface area contributed by atoms with Crippen molar-refractivity contribution in [2.45, 2.75) is 76.0 Å². The van der Waals surface area contributed by atoms with E-state index in [9.17, 15) is 13.8 Å². The third-order valence-corrected chi connectivity index (χ3v) is 13.9. The Kier molecular flexibility index (Phi) is 9.97. The molecule has 1 saturated heterocycles. The van der Waals surface area contributed by atoms with E-state index in [2.05, 4.69) is 38.3 Å². The molecule has 0 radical (unpaired) electrons. The van der Waals surface area contributed by atoms with Gasteiger partial charge in [0.1, 0.15) is 15.7 Å². The number of nitrogens with one attached hydrogen (secondary N) is 1. The first-order valence-electron chi connectivity index (χ1n) is 17.9. The van der Waals surface area contributed by atoms with E-state index in [4.69, 9.17) is 25.8 Å². The van der Waals surface area contributed by atoms with E-state index in [1.54, 1.807) is 25.2 Å². The quantitative estimate of drug-likeness (QED) is 0.365. The lowest BCUT2D eigenvalue weighted by Crippen LogP contribution is -2.64. The number of rotatable bonds is 3. The van der Waals surface area contributed by atoms with Crippen LogP contribution in [0, 0.1) is 17.8 Å². The van der Waals surface area contributed by atoms with Crippen LogP contribution in [0.5, 0.6) is 5.75 Å². The number of halogens is 1. The average Bonchev–Trinajstić information content (AvgIpc) is 3.21. The number of hydrogen-bond acceptors (Lipinski definition) is 7. The largest absolute Gasteiger partial charge is 0.490 e. The first-order chi connectivity index (χ1) is 24.0. The van der Waals surface area contributed by atoms with E-state index in [0.717, 1.165) is 55.9 Å². The van der Waals surface area contributed by atoms with Crippen LogP contribution in [0.4, 0.5) is 10.5 Å². The van der Waals surface area contributed by atoms with Crippen LogP contribution in [0.3, 0.4) is 0 Å². The number of methoxy groups -OCH3 is 2. The highest BCUT2D eigenvalue weighted by Gasteiger charge is 2.45. The highest BCUT2D eigenvalue weighted by molar-refractivity contribution is 7.92. The Labute approximate surface area is 301 Å². The summed E-state index contributed by atoms with van der Waals surface area (Å²) in [4.78, 5) is 31.3. The smallest absolute Gasteiger partial charge is 0.330 e. The number of allylic oxidation sites excluding steroid dienone is 1. The van der Waals surface area contributed by atoms with Gasteiger partial charge >= 0.3 is 6.03 Å². The van der Waals surface area contributed by atoms with Crippen LogP contribution in [-0.4, -0.2) is 85.5 Å². The molecule has 1 N–H and O–H groups in total. The molecule has 3 aliphatic heterocycles. The van der Waals surface area contributed by atoms with Crippen molar-refractivity contribution >= 4 is 39.1 Å². The van der Waals surface area contributed by atoms with Crippen LogP contribution >= 0.6 is 11.6 Å². The molecule has 1 saturated carbocycles. The van der Waals surface area contributed by atoms with E-state index < -0.39 is 21.9 Å². The van der Waals surface area contributed by atoms with Gasteiger partial charge in [-0.25, -0.2) is 9.00 Å². The van der Waals surface area contributed by atoms with E-state index in [-0.39, 0.29) is 35.3 Å². The molecule has 1 spiro atoms. The number of aryl methyl sites for hydroxylation is 1. The van der Waals surface area contributed by atoms with E-state index in [0.29, 0.717) is 42.7 Å². The zero-order chi connectivity index (χ0) is 35.2. The molecular weight excluding hydrogens is 676 g/mol. The van der Waals surface area contributed by atoms with Gasteiger partial charge in [0.25, 0.3) is 5.91 Å². The fourth-order valence-corrected chi connectivity index (χ4v) is 10.7. The van der Waals surface area contributed by atoms with E-state index in [1.807, 2.05) is 32.0 Å². The predicted octanol–water partition coefficient (Wildman–Crippen LogP) is 6.40. The molecule has 2 fully saturated rings. The van der Waals surface area contributed by atoms with Gasteiger partial charge < -0.3 is 24.0 Å². The fraction of sp³-hybridized carbons (Fsp3) is 0.579. The molecule has 3 heterocycles. The number of benzene rings is 2. The number of urea groups is 1. The normalized spacial score (nSPS) is 34.5. The van der Waals surface area contributed by atoms with Gasteiger partial charge in [-0.2, -0.15) is 0 Å². The van der Waals surface area contributed by atoms with Crippen LogP contribution in [0.25, 0.3) is 0 Å². The topological polar surface area (TPSA) is 110 Å². The summed E-state index contributed by atoms with van der Waals surface area (Å²) >= 11 is 6.45. The standard InChI is InChI=1S/C38H49ClN4O6S/c1-24-7-5-9-33(47-3)30-13-10-28(30)19-42-22-38(16-6-8-26-17-29(39)12-14-31(26)38)23-49-34-15-11-27(18-32(34)42)36(44)40-50(46,21-24)41-37(45)43-20-35(48-4)25(43)2/h5,9,11-12,14-15,17-18,24-25,28,30,33,35H,6-8,10,13,16,19-23H2,1-4H3,(H,40,41,44,45,46)/b9-5-/t24-,25+,28-,30+,33-,35-,38-,50?/m0/s1. The van der Waals surface area contributed by atoms with Gasteiger partial charge in [0.05, 0.1) is 42.8 Å². The predicted molar refractivity (Wildman–Crippen MR) is 195 cm³/mol. The number of ether oxygens (including phenoxy) is 3. The van der Waals surface area contributed by atoms with Crippen molar-refractivity contribution in [1.82, 2.24) is 9.62 Å². The number of carbonyl (C=O) groups excluding carboxylic acids is 2. The van der Waals surface area contributed by atoms with Crippen LogP contribution < -0.4 is 14.4 Å². The number of hydrogen-bond donors (Lipinski definition) is 1. The van der Waals surface area contributed by atoms with Crippen molar-refractivity contribution in [3.05, 3.63) is 70.3 Å². The molecule has 8 atom stereocenters. The number of anilines is 1. The third kappa shape index (κ3) is 6.78. The molecule has 2 bridgehead atoms. The molecule has 270 valence electrons. The van der Waals surface area contributed by atoms with E-state index in [1.165, 1.54) is 11.1 Å². The summed E-state index contributed by atoms with van der Waals surface area (Å²) in [6.07, 6.45) is 9.84. The van der Waals surface area contributed by atoms with Crippen LogP contribution in [0.1, 0.15) is 67.4 Å². The fourth-order valence-electron chi connectivity index (χ4n) is 8.68. The van der Waals surface area contributed by atoms with Crippen LogP contribution in [-0.2, 0) is 31.2 Å². The molecule has 2 aromatic rings. The first-order valence-corrected chi connectivity index (χ1v) is 20.0. The number of carbonyl (C=O) groups is 2. The second-order valence-electron chi connectivity index (χ2n) is 15.0. The summed E-state index contributed by atoms with van der Waals surface area (Å²) in [5.41, 5.74) is 3.43. The van der Waals surface area contributed by atoms with Gasteiger partial charge in [-0.1, -0.05) is 36.7 Å². The minimum absolute atomic E-state index is 0.0283. The molecule has 10 nitrogen and oxygen atoms in total. The number of nitrogens with zero attached hydrogens (tertiary/aromatic N) is 3. The van der Waals surface area contributed by atoms with Gasteiger partial charge in [-0.3, -0.25) is 9.52 Å². The highest BCUT2D eigenvalue weighted by atomic mass is 35.5. The summed E-state index contributed by atoms with van der Waals surface area (Å²) in [6.45, 7) is 6.24.